The van der Waals surface area contributed by atoms with Gasteiger partial charge in [0.15, 0.2) is 0 Å². The van der Waals surface area contributed by atoms with Crippen molar-refractivity contribution in [2.45, 2.75) is 46.1 Å². The predicted molar refractivity (Wildman–Crippen MR) is 47.3 cm³/mol. The first-order valence-electron chi connectivity index (χ1n) is 4.77. The van der Waals surface area contributed by atoms with Crippen LogP contribution in [0.4, 0.5) is 0 Å². The van der Waals surface area contributed by atoms with Crippen LogP contribution >= 0.6 is 0 Å². The third-order valence-electron chi connectivity index (χ3n) is 3.00. The summed E-state index contributed by atoms with van der Waals surface area (Å²) in [6.45, 7) is 6.35. The van der Waals surface area contributed by atoms with Crippen molar-refractivity contribution in [2.24, 2.45) is 17.8 Å². The van der Waals surface area contributed by atoms with E-state index in [0.717, 1.165) is 11.8 Å². The Labute approximate surface area is 69.8 Å². The standard InChI is InChI=1S/C10H20O/c1-7-4-10(5-7)6-8(2)9(3)11/h7-11H,4-6H2,1-3H3. The van der Waals surface area contributed by atoms with Crippen LogP contribution in [-0.4, -0.2) is 11.2 Å². The largest absolute Gasteiger partial charge is 0.393 e. The molecule has 0 aliphatic heterocycles. The third-order valence-corrected chi connectivity index (χ3v) is 3.00. The number of hydrogen-bond donors (Lipinski definition) is 1. The van der Waals surface area contributed by atoms with Crippen LogP contribution in [0.25, 0.3) is 0 Å². The zero-order valence-corrected chi connectivity index (χ0v) is 7.88. The lowest BCUT2D eigenvalue weighted by Crippen LogP contribution is -2.26. The summed E-state index contributed by atoms with van der Waals surface area (Å²) in [6.07, 6.45) is 3.88. The van der Waals surface area contributed by atoms with Gasteiger partial charge in [-0.25, -0.2) is 0 Å². The summed E-state index contributed by atoms with van der Waals surface area (Å²) in [6, 6.07) is 0. The zero-order chi connectivity index (χ0) is 8.43. The molecule has 0 radical (unpaired) electrons. The quantitative estimate of drug-likeness (QED) is 0.665. The molecular weight excluding hydrogens is 136 g/mol. The fraction of sp³-hybridized carbons (Fsp3) is 1.00. The molecule has 1 aliphatic carbocycles. The van der Waals surface area contributed by atoms with E-state index in [2.05, 4.69) is 13.8 Å². The smallest absolute Gasteiger partial charge is 0.0537 e. The van der Waals surface area contributed by atoms with Crippen LogP contribution in [0.15, 0.2) is 0 Å². The van der Waals surface area contributed by atoms with Gasteiger partial charge in [-0.15, -0.1) is 0 Å². The minimum atomic E-state index is -0.120. The van der Waals surface area contributed by atoms with Crippen LogP contribution in [0.5, 0.6) is 0 Å². The lowest BCUT2D eigenvalue weighted by molar-refractivity contribution is 0.0903. The Hall–Kier alpha value is -0.0400. The Kier molecular flexibility index (Phi) is 2.94. The highest BCUT2D eigenvalue weighted by Crippen LogP contribution is 2.37. The van der Waals surface area contributed by atoms with Crippen molar-refractivity contribution in [3.8, 4) is 0 Å². The minimum Gasteiger partial charge on any atom is -0.393 e. The molecule has 11 heavy (non-hydrogen) atoms. The monoisotopic (exact) mass is 156 g/mol. The van der Waals surface area contributed by atoms with Gasteiger partial charge in [-0.1, -0.05) is 13.8 Å². The molecule has 1 N–H and O–H groups in total. The highest BCUT2D eigenvalue weighted by Gasteiger charge is 2.27. The highest BCUT2D eigenvalue weighted by molar-refractivity contribution is 4.78. The van der Waals surface area contributed by atoms with Crippen LogP contribution < -0.4 is 0 Å². The molecule has 2 atom stereocenters. The fourth-order valence-corrected chi connectivity index (χ4v) is 1.98. The lowest BCUT2D eigenvalue weighted by Gasteiger charge is -2.35. The Morgan fingerprint density at radius 2 is 1.91 bits per heavy atom. The second-order valence-electron chi connectivity index (χ2n) is 4.40. The molecular formula is C10H20O. The van der Waals surface area contributed by atoms with Crippen molar-refractivity contribution in [3.63, 3.8) is 0 Å². The fourth-order valence-electron chi connectivity index (χ4n) is 1.98. The third kappa shape index (κ3) is 2.48. The van der Waals surface area contributed by atoms with E-state index in [1.807, 2.05) is 6.92 Å². The Balaban J connectivity index is 2.11. The van der Waals surface area contributed by atoms with Gasteiger partial charge in [0.2, 0.25) is 0 Å². The van der Waals surface area contributed by atoms with Crippen molar-refractivity contribution in [2.75, 3.05) is 0 Å². The topological polar surface area (TPSA) is 20.2 Å². The van der Waals surface area contributed by atoms with E-state index in [1.54, 1.807) is 0 Å². The van der Waals surface area contributed by atoms with E-state index in [1.165, 1.54) is 19.3 Å². The number of rotatable bonds is 3. The summed E-state index contributed by atoms with van der Waals surface area (Å²) in [5, 5.41) is 9.26. The first-order chi connectivity index (χ1) is 5.09. The molecule has 1 aliphatic rings. The molecule has 0 aromatic heterocycles. The molecule has 0 bridgehead atoms. The molecule has 0 spiro atoms. The van der Waals surface area contributed by atoms with E-state index in [4.69, 9.17) is 0 Å². The second-order valence-corrected chi connectivity index (χ2v) is 4.40. The summed E-state index contributed by atoms with van der Waals surface area (Å²) in [4.78, 5) is 0. The van der Waals surface area contributed by atoms with Gasteiger partial charge in [0, 0.05) is 0 Å². The zero-order valence-electron chi connectivity index (χ0n) is 7.88. The number of hydrogen-bond acceptors (Lipinski definition) is 1. The van der Waals surface area contributed by atoms with Gasteiger partial charge in [-0.05, 0) is 43.9 Å². The van der Waals surface area contributed by atoms with Gasteiger partial charge < -0.3 is 5.11 Å². The van der Waals surface area contributed by atoms with Crippen LogP contribution in [-0.2, 0) is 0 Å². The number of aliphatic hydroxyl groups is 1. The van der Waals surface area contributed by atoms with Gasteiger partial charge in [0.1, 0.15) is 0 Å². The van der Waals surface area contributed by atoms with Crippen molar-refractivity contribution >= 4 is 0 Å². The van der Waals surface area contributed by atoms with E-state index >= 15 is 0 Å². The summed E-state index contributed by atoms with van der Waals surface area (Å²) in [5.74, 6) is 2.35. The normalized spacial score (nSPS) is 36.0. The molecule has 1 rings (SSSR count). The second kappa shape index (κ2) is 3.57. The average molecular weight is 156 g/mol. The van der Waals surface area contributed by atoms with Gasteiger partial charge in [-0.3, -0.25) is 0 Å². The molecule has 0 saturated heterocycles. The van der Waals surface area contributed by atoms with E-state index < -0.39 is 0 Å². The van der Waals surface area contributed by atoms with Crippen LogP contribution in [0.1, 0.15) is 40.0 Å². The first-order valence-corrected chi connectivity index (χ1v) is 4.77. The molecule has 0 aromatic carbocycles. The molecule has 0 aromatic rings. The number of aliphatic hydroxyl groups excluding tert-OH is 1. The first kappa shape index (κ1) is 9.05. The minimum absolute atomic E-state index is 0.120. The molecule has 66 valence electrons. The summed E-state index contributed by atoms with van der Waals surface area (Å²) in [5.41, 5.74) is 0. The highest BCUT2D eigenvalue weighted by atomic mass is 16.3. The van der Waals surface area contributed by atoms with Crippen LogP contribution in [0.2, 0.25) is 0 Å². The van der Waals surface area contributed by atoms with E-state index in [9.17, 15) is 5.11 Å². The van der Waals surface area contributed by atoms with E-state index in [0.29, 0.717) is 5.92 Å². The maximum absolute atomic E-state index is 9.26. The molecule has 0 amide bonds. The van der Waals surface area contributed by atoms with Crippen LogP contribution in [0, 0.1) is 17.8 Å². The van der Waals surface area contributed by atoms with Gasteiger partial charge in [0.05, 0.1) is 6.10 Å². The SMILES string of the molecule is CC1CC(CC(C)C(C)O)C1. The van der Waals surface area contributed by atoms with Crippen LogP contribution in [0.3, 0.4) is 0 Å². The van der Waals surface area contributed by atoms with Gasteiger partial charge in [-0.2, -0.15) is 0 Å². The predicted octanol–water partition coefficient (Wildman–Crippen LogP) is 2.44. The van der Waals surface area contributed by atoms with Crippen molar-refractivity contribution in [1.82, 2.24) is 0 Å². The van der Waals surface area contributed by atoms with Crippen molar-refractivity contribution < 1.29 is 5.11 Å². The maximum atomic E-state index is 9.26. The van der Waals surface area contributed by atoms with Crippen molar-refractivity contribution in [3.05, 3.63) is 0 Å². The molecule has 1 saturated carbocycles. The maximum Gasteiger partial charge on any atom is 0.0537 e. The Bertz CT molecular complexity index is 114. The van der Waals surface area contributed by atoms with E-state index in [-0.39, 0.29) is 6.10 Å². The molecule has 1 heteroatoms. The molecule has 0 heterocycles. The average Bonchev–Trinajstić information content (AvgIpc) is 1.84. The molecule has 1 fully saturated rings. The molecule has 1 nitrogen and oxygen atoms in total. The molecule has 2 unspecified atom stereocenters. The lowest BCUT2D eigenvalue weighted by atomic mass is 9.72. The van der Waals surface area contributed by atoms with Crippen molar-refractivity contribution in [1.29, 1.82) is 0 Å². The Morgan fingerprint density at radius 1 is 1.36 bits per heavy atom. The van der Waals surface area contributed by atoms with Gasteiger partial charge >= 0.3 is 0 Å². The van der Waals surface area contributed by atoms with Gasteiger partial charge in [0.25, 0.3) is 0 Å². The Morgan fingerprint density at radius 3 is 2.27 bits per heavy atom. The summed E-state index contributed by atoms with van der Waals surface area (Å²) < 4.78 is 0. The summed E-state index contributed by atoms with van der Waals surface area (Å²) in [7, 11) is 0. The summed E-state index contributed by atoms with van der Waals surface area (Å²) >= 11 is 0.